The number of likely N-dealkylation sites (tertiary alicyclic amines) is 1. The van der Waals surface area contributed by atoms with Crippen LogP contribution >= 0.6 is 0 Å². The van der Waals surface area contributed by atoms with Crippen molar-refractivity contribution in [2.45, 2.75) is 38.1 Å². The molecule has 0 N–H and O–H groups in total. The van der Waals surface area contributed by atoms with Gasteiger partial charge in [-0.15, -0.1) is 0 Å². The van der Waals surface area contributed by atoms with Crippen molar-refractivity contribution < 1.29 is 9.13 Å². The van der Waals surface area contributed by atoms with Gasteiger partial charge in [0.2, 0.25) is 5.95 Å². The third-order valence-electron chi connectivity index (χ3n) is 5.74. The first-order valence-electron chi connectivity index (χ1n) is 9.24. The molecule has 6 heteroatoms. The molecule has 0 unspecified atom stereocenters. The van der Waals surface area contributed by atoms with E-state index in [1.165, 1.54) is 51.2 Å². The lowest BCUT2D eigenvalue weighted by Crippen LogP contribution is -2.73. The molecule has 3 heterocycles. The van der Waals surface area contributed by atoms with Crippen LogP contribution in [0.25, 0.3) is 0 Å². The van der Waals surface area contributed by atoms with Crippen molar-refractivity contribution in [3.63, 3.8) is 0 Å². The summed E-state index contributed by atoms with van der Waals surface area (Å²) in [6.45, 7) is 8.05. The van der Waals surface area contributed by atoms with Crippen molar-refractivity contribution in [2.24, 2.45) is 11.8 Å². The van der Waals surface area contributed by atoms with E-state index >= 15 is 0 Å². The van der Waals surface area contributed by atoms with E-state index < -0.39 is 0 Å². The van der Waals surface area contributed by atoms with Crippen LogP contribution in [-0.4, -0.2) is 59.8 Å². The largest absolute Gasteiger partial charge is 0.381 e. The van der Waals surface area contributed by atoms with E-state index in [1.807, 2.05) is 0 Å². The van der Waals surface area contributed by atoms with E-state index in [9.17, 15) is 4.39 Å². The van der Waals surface area contributed by atoms with Gasteiger partial charge < -0.3 is 9.64 Å². The molecule has 1 saturated carbocycles. The summed E-state index contributed by atoms with van der Waals surface area (Å²) in [6, 6.07) is 0. The van der Waals surface area contributed by atoms with E-state index in [2.05, 4.69) is 26.7 Å². The van der Waals surface area contributed by atoms with E-state index in [0.717, 1.165) is 32.2 Å². The van der Waals surface area contributed by atoms with Crippen molar-refractivity contribution in [1.82, 2.24) is 14.9 Å². The fourth-order valence-corrected chi connectivity index (χ4v) is 4.27. The number of anilines is 1. The molecule has 3 aliphatic rings. The zero-order chi connectivity index (χ0) is 16.6. The first-order chi connectivity index (χ1) is 11.7. The predicted molar refractivity (Wildman–Crippen MR) is 90.4 cm³/mol. The lowest BCUT2D eigenvalue weighted by Gasteiger charge is -2.59. The van der Waals surface area contributed by atoms with E-state index in [0.29, 0.717) is 11.9 Å². The topological polar surface area (TPSA) is 41.5 Å². The maximum Gasteiger partial charge on any atom is 0.225 e. The minimum absolute atomic E-state index is 0.236. The summed E-state index contributed by atoms with van der Waals surface area (Å²) < 4.78 is 18.7. The van der Waals surface area contributed by atoms with Gasteiger partial charge in [-0.25, -0.2) is 14.4 Å². The number of hydrogen-bond acceptors (Lipinski definition) is 5. The molecule has 4 rings (SSSR count). The van der Waals surface area contributed by atoms with Crippen LogP contribution < -0.4 is 4.90 Å². The molecule has 1 aromatic heterocycles. The highest BCUT2D eigenvalue weighted by atomic mass is 19.1. The van der Waals surface area contributed by atoms with Crippen LogP contribution in [0.4, 0.5) is 10.3 Å². The first kappa shape index (κ1) is 16.2. The van der Waals surface area contributed by atoms with Crippen molar-refractivity contribution in [1.29, 1.82) is 0 Å². The van der Waals surface area contributed by atoms with Gasteiger partial charge in [-0.1, -0.05) is 0 Å². The summed E-state index contributed by atoms with van der Waals surface area (Å²) >= 11 is 0. The van der Waals surface area contributed by atoms with Crippen LogP contribution in [0, 0.1) is 17.7 Å². The molecule has 2 aliphatic heterocycles. The minimum Gasteiger partial charge on any atom is -0.381 e. The Balaban J connectivity index is 1.43. The van der Waals surface area contributed by atoms with E-state index in [4.69, 9.17) is 4.74 Å². The number of hydrogen-bond donors (Lipinski definition) is 0. The van der Waals surface area contributed by atoms with Crippen LogP contribution in [0.3, 0.4) is 0 Å². The number of aromatic nitrogens is 2. The highest BCUT2D eigenvalue weighted by Gasteiger charge is 2.52. The Bertz CT molecular complexity index is 557. The SMILES string of the molecule is CCOC[C@@H]1CCN(CC2CC2)C2(C1)CN(c1ncc(F)cn1)C2. The summed E-state index contributed by atoms with van der Waals surface area (Å²) in [5, 5.41) is 0. The van der Waals surface area contributed by atoms with Crippen LogP contribution in [0.2, 0.25) is 0 Å². The predicted octanol–water partition coefficient (Wildman–Crippen LogP) is 2.33. The molecule has 3 fully saturated rings. The monoisotopic (exact) mass is 334 g/mol. The van der Waals surface area contributed by atoms with E-state index in [-0.39, 0.29) is 11.4 Å². The summed E-state index contributed by atoms with van der Waals surface area (Å²) in [4.78, 5) is 13.2. The van der Waals surface area contributed by atoms with Gasteiger partial charge in [0.1, 0.15) is 0 Å². The van der Waals surface area contributed by atoms with Gasteiger partial charge in [0.15, 0.2) is 5.82 Å². The van der Waals surface area contributed by atoms with E-state index in [1.54, 1.807) is 0 Å². The zero-order valence-electron chi connectivity index (χ0n) is 14.5. The van der Waals surface area contributed by atoms with Gasteiger partial charge in [0.25, 0.3) is 0 Å². The Morgan fingerprint density at radius 3 is 2.62 bits per heavy atom. The second-order valence-corrected chi connectivity index (χ2v) is 7.69. The Morgan fingerprint density at radius 2 is 1.96 bits per heavy atom. The fraction of sp³-hybridized carbons (Fsp3) is 0.778. The summed E-state index contributed by atoms with van der Waals surface area (Å²) in [5.74, 6) is 1.83. The molecule has 24 heavy (non-hydrogen) atoms. The molecule has 132 valence electrons. The number of nitrogens with zero attached hydrogens (tertiary/aromatic N) is 4. The van der Waals surface area contributed by atoms with Crippen molar-refractivity contribution >= 4 is 5.95 Å². The van der Waals surface area contributed by atoms with Gasteiger partial charge in [-0.3, -0.25) is 4.90 Å². The normalized spacial score (nSPS) is 26.6. The lowest BCUT2D eigenvalue weighted by molar-refractivity contribution is -0.0284. The number of rotatable bonds is 6. The quantitative estimate of drug-likeness (QED) is 0.799. The molecule has 1 atom stereocenters. The molecule has 1 spiro atoms. The molecule has 0 aromatic carbocycles. The van der Waals surface area contributed by atoms with Crippen molar-refractivity contribution in [3.05, 3.63) is 18.2 Å². The Hall–Kier alpha value is -1.27. The summed E-state index contributed by atoms with van der Waals surface area (Å²) in [7, 11) is 0. The second-order valence-electron chi connectivity index (χ2n) is 7.69. The average molecular weight is 334 g/mol. The van der Waals surface area contributed by atoms with Gasteiger partial charge >= 0.3 is 0 Å². The smallest absolute Gasteiger partial charge is 0.225 e. The van der Waals surface area contributed by atoms with Crippen LogP contribution in [0.5, 0.6) is 0 Å². The molecule has 0 radical (unpaired) electrons. The summed E-state index contributed by atoms with van der Waals surface area (Å²) in [6.07, 6.45) is 7.72. The third-order valence-corrected chi connectivity index (χ3v) is 5.74. The zero-order valence-corrected chi connectivity index (χ0v) is 14.5. The average Bonchev–Trinajstić information content (AvgIpc) is 3.37. The summed E-state index contributed by atoms with van der Waals surface area (Å²) in [5.41, 5.74) is 0.236. The maximum absolute atomic E-state index is 13.0. The molecular weight excluding hydrogens is 307 g/mol. The Kier molecular flexibility index (Phi) is 4.43. The van der Waals surface area contributed by atoms with Crippen LogP contribution in [-0.2, 0) is 4.74 Å². The third kappa shape index (κ3) is 3.26. The fourth-order valence-electron chi connectivity index (χ4n) is 4.27. The number of ether oxygens (including phenoxy) is 1. The first-order valence-corrected chi connectivity index (χ1v) is 9.24. The molecular formula is C18H27FN4O. The second kappa shape index (κ2) is 6.56. The number of halogens is 1. The molecule has 1 aromatic rings. The van der Waals surface area contributed by atoms with Crippen LogP contribution in [0.1, 0.15) is 32.6 Å². The van der Waals surface area contributed by atoms with Gasteiger partial charge in [0, 0.05) is 32.8 Å². The minimum atomic E-state index is -0.376. The Morgan fingerprint density at radius 1 is 1.21 bits per heavy atom. The molecule has 1 aliphatic carbocycles. The molecule has 0 bridgehead atoms. The van der Waals surface area contributed by atoms with Crippen molar-refractivity contribution in [3.8, 4) is 0 Å². The molecule has 2 saturated heterocycles. The molecule has 0 amide bonds. The van der Waals surface area contributed by atoms with Gasteiger partial charge in [0.05, 0.1) is 17.9 Å². The standard InChI is InChI=1S/C18H27FN4O/c1-2-24-11-15-5-6-23(10-14-3-4-14)18(7-15)12-22(13-18)17-20-8-16(19)9-21-17/h8-9,14-15H,2-7,10-13H2,1H3/t15-/m1/s1. The highest BCUT2D eigenvalue weighted by molar-refractivity contribution is 5.38. The molecule has 5 nitrogen and oxygen atoms in total. The Labute approximate surface area is 143 Å². The van der Waals surface area contributed by atoms with Crippen LogP contribution in [0.15, 0.2) is 12.4 Å². The lowest BCUT2D eigenvalue weighted by atomic mass is 9.75. The van der Waals surface area contributed by atoms with Gasteiger partial charge in [-0.05, 0) is 51.0 Å². The highest BCUT2D eigenvalue weighted by Crippen LogP contribution is 2.43. The maximum atomic E-state index is 13.0. The van der Waals surface area contributed by atoms with Gasteiger partial charge in [-0.2, -0.15) is 0 Å². The van der Waals surface area contributed by atoms with Crippen molar-refractivity contribution in [2.75, 3.05) is 44.3 Å². The number of piperidine rings is 1.